The van der Waals surface area contributed by atoms with Gasteiger partial charge in [0.2, 0.25) is 7.41 Å². The highest BCUT2D eigenvalue weighted by molar-refractivity contribution is 6.35. The van der Waals surface area contributed by atoms with Gasteiger partial charge in [-0.1, -0.05) is 55.4 Å². The Labute approximate surface area is 124 Å². The Morgan fingerprint density at radius 3 is 2.57 bits per heavy atom. The molecule has 0 spiro atoms. The summed E-state index contributed by atoms with van der Waals surface area (Å²) >= 11 is 0. The molecule has 3 aromatic rings. The lowest BCUT2D eigenvalue weighted by Gasteiger charge is -2.08. The largest absolute Gasteiger partial charge is 0.456 e. The van der Waals surface area contributed by atoms with E-state index in [1.165, 1.54) is 0 Å². The topological polar surface area (TPSA) is 31.2 Å². The summed E-state index contributed by atoms with van der Waals surface area (Å²) in [6, 6.07) is 19.6. The number of carbonyl (C=O) groups excluding carboxylic acids is 1. The molecule has 0 aliphatic heterocycles. The quantitative estimate of drug-likeness (QED) is 0.541. The molecule has 3 nitrogen and oxygen atoms in total. The van der Waals surface area contributed by atoms with E-state index in [-0.39, 0.29) is 5.97 Å². The van der Waals surface area contributed by atoms with Gasteiger partial charge in [0.25, 0.3) is 0 Å². The van der Waals surface area contributed by atoms with Gasteiger partial charge >= 0.3 is 5.97 Å². The molecule has 1 aromatic heterocycles. The van der Waals surface area contributed by atoms with Crippen molar-refractivity contribution >= 4 is 24.3 Å². The number of hydrogen-bond acceptors (Lipinski definition) is 2. The van der Waals surface area contributed by atoms with Crippen LogP contribution in [0.25, 0.3) is 10.9 Å². The number of nitrogens with zero attached hydrogens (tertiary/aromatic N) is 1. The van der Waals surface area contributed by atoms with Crippen molar-refractivity contribution in [2.45, 2.75) is 13.4 Å². The highest BCUT2D eigenvalue weighted by atomic mass is 16.5. The number of rotatable bonds is 4. The van der Waals surface area contributed by atoms with E-state index >= 15 is 0 Å². The molecule has 0 amide bonds. The van der Waals surface area contributed by atoms with Gasteiger partial charge < -0.3 is 9.21 Å². The van der Waals surface area contributed by atoms with Crippen molar-refractivity contribution in [1.82, 2.24) is 4.48 Å². The predicted octanol–water partition coefficient (Wildman–Crippen LogP) is 3.25. The third kappa shape index (κ3) is 2.70. The molecule has 1 heterocycles. The molecule has 0 unspecified atom stereocenters. The van der Waals surface area contributed by atoms with E-state index in [4.69, 9.17) is 4.74 Å². The average Bonchev–Trinajstić information content (AvgIpc) is 2.92. The van der Waals surface area contributed by atoms with Crippen LogP contribution in [0.15, 0.2) is 60.7 Å². The number of fused-ring (bicyclic) bond motifs is 1. The summed E-state index contributed by atoms with van der Waals surface area (Å²) in [5.74, 6) is -0.281. The van der Waals surface area contributed by atoms with Crippen LogP contribution in [0, 0.1) is 0 Å². The minimum atomic E-state index is -0.281. The van der Waals surface area contributed by atoms with Crippen LogP contribution >= 0.6 is 0 Å². The molecule has 0 N–H and O–H groups in total. The van der Waals surface area contributed by atoms with Crippen LogP contribution in [0.1, 0.15) is 16.1 Å². The smallest absolute Gasteiger partial charge is 0.354 e. The Morgan fingerprint density at radius 1 is 1.10 bits per heavy atom. The van der Waals surface area contributed by atoms with Crippen LogP contribution in [-0.4, -0.2) is 17.9 Å². The number of carbonyl (C=O) groups is 1. The van der Waals surface area contributed by atoms with E-state index in [0.29, 0.717) is 12.3 Å². The van der Waals surface area contributed by atoms with Gasteiger partial charge in [0.1, 0.15) is 12.3 Å². The van der Waals surface area contributed by atoms with Crippen molar-refractivity contribution in [2.24, 2.45) is 0 Å². The fourth-order valence-corrected chi connectivity index (χ4v) is 2.52. The number of esters is 1. The van der Waals surface area contributed by atoms with E-state index in [2.05, 4.69) is 0 Å². The normalized spacial score (nSPS) is 10.5. The molecule has 0 aliphatic rings. The second-order valence-electron chi connectivity index (χ2n) is 4.89. The van der Waals surface area contributed by atoms with Crippen LogP contribution in [0.2, 0.25) is 6.82 Å². The Bertz CT molecular complexity index is 765. The molecule has 0 fully saturated rings. The fraction of sp³-hybridized carbons (Fsp3) is 0.118. The van der Waals surface area contributed by atoms with Gasteiger partial charge in [-0.15, -0.1) is 0 Å². The van der Waals surface area contributed by atoms with Crippen molar-refractivity contribution in [3.8, 4) is 0 Å². The van der Waals surface area contributed by atoms with E-state index in [0.717, 1.165) is 23.9 Å². The second kappa shape index (κ2) is 5.88. The Hall–Kier alpha value is -2.49. The standard InChI is InChI=1S/C17H16BNO2/c1-18-19-15-10-6-5-9-14(15)11-16(19)17(20)21-12-13-7-3-2-4-8-13/h2-11,18H,12H2,1H3. The third-order valence-corrected chi connectivity index (χ3v) is 3.55. The summed E-state index contributed by atoms with van der Waals surface area (Å²) in [4.78, 5) is 12.3. The van der Waals surface area contributed by atoms with Crippen LogP contribution in [0.4, 0.5) is 0 Å². The van der Waals surface area contributed by atoms with Crippen molar-refractivity contribution in [3.05, 3.63) is 71.9 Å². The lowest BCUT2D eigenvalue weighted by atomic mass is 9.98. The number of benzene rings is 2. The van der Waals surface area contributed by atoms with Crippen LogP contribution in [0.5, 0.6) is 0 Å². The zero-order valence-electron chi connectivity index (χ0n) is 12.0. The SMILES string of the molecule is CBn1c(C(=O)OCc2ccccc2)cc2ccccc21. The van der Waals surface area contributed by atoms with Crippen molar-refractivity contribution in [1.29, 1.82) is 0 Å². The predicted molar refractivity (Wildman–Crippen MR) is 85.9 cm³/mol. The van der Waals surface area contributed by atoms with E-state index in [1.54, 1.807) is 0 Å². The molecule has 0 aliphatic carbocycles. The first-order valence-electron chi connectivity index (χ1n) is 7.09. The first-order valence-corrected chi connectivity index (χ1v) is 7.09. The Kier molecular flexibility index (Phi) is 3.78. The average molecular weight is 277 g/mol. The minimum Gasteiger partial charge on any atom is -0.456 e. The summed E-state index contributed by atoms with van der Waals surface area (Å²) in [5.41, 5.74) is 2.66. The fourth-order valence-electron chi connectivity index (χ4n) is 2.52. The third-order valence-electron chi connectivity index (χ3n) is 3.55. The van der Waals surface area contributed by atoms with Gasteiger partial charge in [-0.2, -0.15) is 0 Å². The monoisotopic (exact) mass is 277 g/mol. The zero-order valence-corrected chi connectivity index (χ0v) is 12.0. The molecule has 2 aromatic carbocycles. The molecule has 0 radical (unpaired) electrons. The maximum atomic E-state index is 12.3. The van der Waals surface area contributed by atoms with Gasteiger partial charge in [-0.25, -0.2) is 4.79 Å². The molecule has 0 atom stereocenters. The number of ether oxygens (including phenoxy) is 1. The van der Waals surface area contributed by atoms with Crippen molar-refractivity contribution in [2.75, 3.05) is 0 Å². The molecule has 0 saturated heterocycles. The molecule has 0 saturated carbocycles. The second-order valence-corrected chi connectivity index (χ2v) is 4.89. The molecule has 21 heavy (non-hydrogen) atoms. The Balaban J connectivity index is 1.84. The van der Waals surface area contributed by atoms with Gasteiger partial charge in [-0.05, 0) is 23.1 Å². The van der Waals surface area contributed by atoms with Gasteiger partial charge in [0.05, 0.1) is 0 Å². The first kappa shape index (κ1) is 13.5. The van der Waals surface area contributed by atoms with Gasteiger partial charge in [0, 0.05) is 5.52 Å². The van der Waals surface area contributed by atoms with E-state index in [9.17, 15) is 4.79 Å². The maximum Gasteiger partial charge on any atom is 0.354 e. The first-order chi connectivity index (χ1) is 10.3. The van der Waals surface area contributed by atoms with Crippen LogP contribution in [0.3, 0.4) is 0 Å². The lowest BCUT2D eigenvalue weighted by molar-refractivity contribution is 0.0465. The number of hydrogen-bond donors (Lipinski definition) is 0. The summed E-state index contributed by atoms with van der Waals surface area (Å²) in [5, 5.41) is 1.06. The number of para-hydroxylation sites is 1. The summed E-state index contributed by atoms with van der Waals surface area (Å²) in [7, 11) is 0.739. The summed E-state index contributed by atoms with van der Waals surface area (Å²) < 4.78 is 7.42. The van der Waals surface area contributed by atoms with Crippen molar-refractivity contribution in [3.63, 3.8) is 0 Å². The molecule has 104 valence electrons. The maximum absolute atomic E-state index is 12.3. The molecule has 0 bridgehead atoms. The molecular weight excluding hydrogens is 261 g/mol. The summed E-state index contributed by atoms with van der Waals surface area (Å²) in [6.07, 6.45) is 0. The van der Waals surface area contributed by atoms with Gasteiger partial charge in [-0.3, -0.25) is 0 Å². The van der Waals surface area contributed by atoms with Crippen molar-refractivity contribution < 1.29 is 9.53 Å². The minimum absolute atomic E-state index is 0.281. The molecule has 4 heteroatoms. The van der Waals surface area contributed by atoms with E-state index in [1.807, 2.05) is 72.0 Å². The molecular formula is C17H16BNO2. The Morgan fingerprint density at radius 2 is 1.81 bits per heavy atom. The highest BCUT2D eigenvalue weighted by Gasteiger charge is 2.15. The zero-order chi connectivity index (χ0) is 14.7. The number of aromatic nitrogens is 1. The summed E-state index contributed by atoms with van der Waals surface area (Å²) in [6.45, 7) is 2.32. The van der Waals surface area contributed by atoms with Crippen LogP contribution < -0.4 is 0 Å². The highest BCUT2D eigenvalue weighted by Crippen LogP contribution is 2.19. The van der Waals surface area contributed by atoms with Gasteiger partial charge in [0.15, 0.2) is 0 Å². The lowest BCUT2D eigenvalue weighted by Crippen LogP contribution is -2.14. The molecule has 3 rings (SSSR count). The van der Waals surface area contributed by atoms with Crippen LogP contribution in [-0.2, 0) is 11.3 Å². The van der Waals surface area contributed by atoms with E-state index < -0.39 is 0 Å².